The van der Waals surface area contributed by atoms with Gasteiger partial charge in [0.15, 0.2) is 0 Å². The molecule has 1 N–H and O–H groups in total. The Kier molecular flexibility index (Phi) is 2.84. The predicted octanol–water partition coefficient (Wildman–Crippen LogP) is 1.70. The summed E-state index contributed by atoms with van der Waals surface area (Å²) >= 11 is 5.55. The quantitative estimate of drug-likeness (QED) is 0.554. The molecule has 0 unspecified atom stereocenters. The maximum absolute atomic E-state index is 5.55. The van der Waals surface area contributed by atoms with Crippen molar-refractivity contribution < 1.29 is 0 Å². The summed E-state index contributed by atoms with van der Waals surface area (Å²) in [4.78, 5) is 0. The number of halogens is 1. The minimum Gasteiger partial charge on any atom is -0.391 e. The van der Waals surface area contributed by atoms with E-state index in [4.69, 9.17) is 11.6 Å². The number of nitrogens with one attached hydrogen (secondary N) is 1. The minimum atomic E-state index is 0.822. The third kappa shape index (κ3) is 2.52. The summed E-state index contributed by atoms with van der Waals surface area (Å²) < 4.78 is 0. The first-order valence-corrected chi connectivity index (χ1v) is 2.57. The highest BCUT2D eigenvalue weighted by atomic mass is 35.5. The van der Waals surface area contributed by atoms with Gasteiger partial charge in [-0.15, -0.1) is 0 Å². The first-order chi connectivity index (χ1) is 3.18. The SMILES string of the molecule is CN/C(C)=C(/C)Cl. The van der Waals surface area contributed by atoms with Crippen molar-refractivity contribution in [3.8, 4) is 0 Å². The van der Waals surface area contributed by atoms with Crippen LogP contribution in [0.3, 0.4) is 0 Å². The van der Waals surface area contributed by atoms with Crippen LogP contribution in [0.25, 0.3) is 0 Å². The van der Waals surface area contributed by atoms with Crippen molar-refractivity contribution >= 4 is 11.6 Å². The van der Waals surface area contributed by atoms with Crippen LogP contribution >= 0.6 is 11.6 Å². The molecule has 0 aromatic carbocycles. The van der Waals surface area contributed by atoms with Crippen molar-refractivity contribution in [3.63, 3.8) is 0 Å². The van der Waals surface area contributed by atoms with Crippen molar-refractivity contribution in [1.82, 2.24) is 5.32 Å². The van der Waals surface area contributed by atoms with E-state index in [2.05, 4.69) is 5.32 Å². The molecule has 2 heteroatoms. The first-order valence-electron chi connectivity index (χ1n) is 2.19. The van der Waals surface area contributed by atoms with Gasteiger partial charge in [-0.3, -0.25) is 0 Å². The van der Waals surface area contributed by atoms with Gasteiger partial charge in [-0.05, 0) is 13.8 Å². The zero-order valence-electron chi connectivity index (χ0n) is 4.88. The molecule has 0 aliphatic carbocycles. The second kappa shape index (κ2) is 2.92. The Hall–Kier alpha value is -0.170. The fraction of sp³-hybridized carbons (Fsp3) is 0.600. The minimum absolute atomic E-state index is 0.822. The van der Waals surface area contributed by atoms with Crippen LogP contribution in [0.5, 0.6) is 0 Å². The smallest absolute Gasteiger partial charge is 0.0336 e. The van der Waals surface area contributed by atoms with Crippen LogP contribution in [0.1, 0.15) is 13.8 Å². The van der Waals surface area contributed by atoms with Crippen LogP contribution in [0.15, 0.2) is 10.7 Å². The van der Waals surface area contributed by atoms with Crippen LogP contribution in [0, 0.1) is 0 Å². The van der Waals surface area contributed by atoms with Crippen molar-refractivity contribution in [2.75, 3.05) is 7.05 Å². The Morgan fingerprint density at radius 2 is 1.86 bits per heavy atom. The Morgan fingerprint density at radius 3 is 1.86 bits per heavy atom. The number of allylic oxidation sites excluding steroid dienone is 2. The lowest BCUT2D eigenvalue weighted by Crippen LogP contribution is -2.01. The van der Waals surface area contributed by atoms with Gasteiger partial charge in [0.1, 0.15) is 0 Å². The molecule has 0 aliphatic heterocycles. The van der Waals surface area contributed by atoms with E-state index in [1.165, 1.54) is 0 Å². The normalized spacial score (nSPS) is 13.1. The van der Waals surface area contributed by atoms with E-state index in [1.54, 1.807) is 0 Å². The van der Waals surface area contributed by atoms with Crippen LogP contribution in [-0.4, -0.2) is 7.05 Å². The van der Waals surface area contributed by atoms with E-state index in [0.717, 1.165) is 10.7 Å². The molecule has 1 nitrogen and oxygen atoms in total. The molecule has 0 atom stereocenters. The molecule has 0 amide bonds. The van der Waals surface area contributed by atoms with Gasteiger partial charge in [0.25, 0.3) is 0 Å². The van der Waals surface area contributed by atoms with Crippen LogP contribution < -0.4 is 5.32 Å². The van der Waals surface area contributed by atoms with Gasteiger partial charge in [-0.1, -0.05) is 11.6 Å². The van der Waals surface area contributed by atoms with Gasteiger partial charge in [0.2, 0.25) is 0 Å². The van der Waals surface area contributed by atoms with Gasteiger partial charge >= 0.3 is 0 Å². The molecular formula is C5H10ClN. The Balaban J connectivity index is 3.72. The lowest BCUT2D eigenvalue weighted by molar-refractivity contribution is 0.978. The molecule has 0 saturated carbocycles. The van der Waals surface area contributed by atoms with Crippen LogP contribution in [0.4, 0.5) is 0 Å². The van der Waals surface area contributed by atoms with Gasteiger partial charge < -0.3 is 5.32 Å². The molecule has 0 saturated heterocycles. The lowest BCUT2D eigenvalue weighted by Gasteiger charge is -1.96. The van der Waals surface area contributed by atoms with Crippen molar-refractivity contribution in [3.05, 3.63) is 10.7 Å². The maximum Gasteiger partial charge on any atom is 0.0336 e. The van der Waals surface area contributed by atoms with Gasteiger partial charge in [0.05, 0.1) is 0 Å². The summed E-state index contributed by atoms with van der Waals surface area (Å²) in [5.41, 5.74) is 1.03. The largest absolute Gasteiger partial charge is 0.391 e. The number of rotatable bonds is 1. The monoisotopic (exact) mass is 119 g/mol. The molecular weight excluding hydrogens is 110 g/mol. The summed E-state index contributed by atoms with van der Waals surface area (Å²) in [5, 5.41) is 3.73. The summed E-state index contributed by atoms with van der Waals surface area (Å²) in [7, 11) is 1.85. The van der Waals surface area contributed by atoms with Crippen molar-refractivity contribution in [2.45, 2.75) is 13.8 Å². The number of hydrogen-bond donors (Lipinski definition) is 1. The molecule has 0 heterocycles. The predicted molar refractivity (Wildman–Crippen MR) is 33.3 cm³/mol. The summed E-state index contributed by atoms with van der Waals surface area (Å²) in [6.07, 6.45) is 0. The first kappa shape index (κ1) is 6.83. The highest BCUT2D eigenvalue weighted by Gasteiger charge is 1.84. The highest BCUT2D eigenvalue weighted by molar-refractivity contribution is 6.29. The molecule has 0 spiro atoms. The van der Waals surface area contributed by atoms with E-state index < -0.39 is 0 Å². The Bertz CT molecular complexity index is 82.1. The van der Waals surface area contributed by atoms with Crippen LogP contribution in [0.2, 0.25) is 0 Å². The van der Waals surface area contributed by atoms with E-state index in [0.29, 0.717) is 0 Å². The zero-order valence-corrected chi connectivity index (χ0v) is 5.63. The van der Waals surface area contributed by atoms with E-state index in [9.17, 15) is 0 Å². The Morgan fingerprint density at radius 1 is 1.43 bits per heavy atom. The van der Waals surface area contributed by atoms with E-state index >= 15 is 0 Å². The molecule has 42 valence electrons. The summed E-state index contributed by atoms with van der Waals surface area (Å²) in [5.74, 6) is 0. The van der Waals surface area contributed by atoms with Crippen LogP contribution in [-0.2, 0) is 0 Å². The second-order valence-electron chi connectivity index (χ2n) is 1.41. The highest BCUT2D eigenvalue weighted by Crippen LogP contribution is 2.02. The fourth-order valence-electron chi connectivity index (χ4n) is 0.172. The van der Waals surface area contributed by atoms with E-state index in [-0.39, 0.29) is 0 Å². The van der Waals surface area contributed by atoms with Crippen molar-refractivity contribution in [2.24, 2.45) is 0 Å². The topological polar surface area (TPSA) is 12.0 Å². The molecule has 7 heavy (non-hydrogen) atoms. The van der Waals surface area contributed by atoms with Gasteiger partial charge in [-0.25, -0.2) is 0 Å². The summed E-state index contributed by atoms with van der Waals surface area (Å²) in [6, 6.07) is 0. The molecule has 0 aromatic rings. The lowest BCUT2D eigenvalue weighted by atomic mass is 10.5. The standard InChI is InChI=1S/C5H10ClN/c1-4(6)5(2)7-3/h7H,1-3H3/b5-4-. The maximum atomic E-state index is 5.55. The van der Waals surface area contributed by atoms with E-state index in [1.807, 2.05) is 20.9 Å². The van der Waals surface area contributed by atoms with Gasteiger partial charge in [0, 0.05) is 17.8 Å². The average molecular weight is 120 g/mol. The summed E-state index contributed by atoms with van der Waals surface area (Å²) in [6.45, 7) is 3.79. The average Bonchev–Trinajstić information content (AvgIpc) is 1.65. The Labute approximate surface area is 49.4 Å². The van der Waals surface area contributed by atoms with Gasteiger partial charge in [-0.2, -0.15) is 0 Å². The van der Waals surface area contributed by atoms with Crippen molar-refractivity contribution in [1.29, 1.82) is 0 Å². The third-order valence-electron chi connectivity index (χ3n) is 0.892. The molecule has 0 aliphatic rings. The molecule has 0 fully saturated rings. The number of hydrogen-bond acceptors (Lipinski definition) is 1. The molecule has 0 rings (SSSR count). The zero-order chi connectivity index (χ0) is 5.86. The fourth-order valence-corrected chi connectivity index (χ4v) is 0.267. The third-order valence-corrected chi connectivity index (χ3v) is 1.18. The molecule has 0 radical (unpaired) electrons. The second-order valence-corrected chi connectivity index (χ2v) is 1.98. The molecule has 0 aromatic heterocycles. The molecule has 0 bridgehead atoms.